The van der Waals surface area contributed by atoms with Gasteiger partial charge in [0.15, 0.2) is 5.13 Å². The van der Waals surface area contributed by atoms with Gasteiger partial charge in [-0.25, -0.2) is 9.67 Å². The molecule has 0 atom stereocenters. The van der Waals surface area contributed by atoms with E-state index in [1.54, 1.807) is 6.07 Å². The summed E-state index contributed by atoms with van der Waals surface area (Å²) < 4.78 is 7.59. The molecule has 1 N–H and O–H groups in total. The summed E-state index contributed by atoms with van der Waals surface area (Å²) in [6.07, 6.45) is 0. The van der Waals surface area contributed by atoms with E-state index in [0.717, 1.165) is 32.3 Å². The first kappa shape index (κ1) is 20.8. The number of nitrogens with one attached hydrogen (secondary N) is 1. The lowest BCUT2D eigenvalue weighted by Crippen LogP contribution is -2.29. The van der Waals surface area contributed by atoms with Crippen LogP contribution in [-0.4, -0.2) is 27.3 Å². The van der Waals surface area contributed by atoms with Crippen LogP contribution in [-0.2, 0) is 11.3 Å². The van der Waals surface area contributed by atoms with Crippen LogP contribution in [0.3, 0.4) is 0 Å². The maximum absolute atomic E-state index is 12.6. The highest BCUT2D eigenvalue weighted by atomic mass is 32.1. The van der Waals surface area contributed by atoms with E-state index in [2.05, 4.69) is 15.4 Å². The Labute approximate surface area is 193 Å². The number of aromatic nitrogens is 3. The SMILES string of the molecule is CCOc1ccc2nc(NC(=O)Cn3nc(-c4ccc5ccccc5c4)ccc3=O)sc2c1. The molecule has 2 aromatic heterocycles. The summed E-state index contributed by atoms with van der Waals surface area (Å²) in [5.74, 6) is 0.386. The van der Waals surface area contributed by atoms with E-state index >= 15 is 0 Å². The number of carbonyl (C=O) groups excluding carboxylic acids is 1. The number of nitrogens with zero attached hydrogens (tertiary/aromatic N) is 3. The maximum atomic E-state index is 12.6. The second-order valence-electron chi connectivity index (χ2n) is 7.41. The van der Waals surface area contributed by atoms with Crippen LogP contribution in [0, 0.1) is 0 Å². The number of anilines is 1. The molecule has 0 aliphatic carbocycles. The topological polar surface area (TPSA) is 86.1 Å². The average Bonchev–Trinajstić information content (AvgIpc) is 3.21. The molecule has 0 radical (unpaired) electrons. The number of ether oxygens (including phenoxy) is 1. The number of hydrogen-bond acceptors (Lipinski definition) is 6. The Morgan fingerprint density at radius 3 is 2.73 bits per heavy atom. The van der Waals surface area contributed by atoms with Gasteiger partial charge in [-0.15, -0.1) is 0 Å². The van der Waals surface area contributed by atoms with Gasteiger partial charge in [0, 0.05) is 11.6 Å². The second kappa shape index (κ2) is 8.84. The van der Waals surface area contributed by atoms with Crippen molar-refractivity contribution in [2.24, 2.45) is 0 Å². The third kappa shape index (κ3) is 4.47. The third-order valence-electron chi connectivity index (χ3n) is 5.12. The lowest BCUT2D eigenvalue weighted by atomic mass is 10.1. The van der Waals surface area contributed by atoms with Gasteiger partial charge in [-0.3, -0.25) is 9.59 Å². The molecule has 0 bridgehead atoms. The summed E-state index contributed by atoms with van der Waals surface area (Å²) in [6, 6.07) is 22.7. The Kier molecular flexibility index (Phi) is 5.58. The molecule has 0 fully saturated rings. The highest BCUT2D eigenvalue weighted by Crippen LogP contribution is 2.29. The van der Waals surface area contributed by atoms with Crippen molar-refractivity contribution in [3.05, 3.63) is 83.2 Å². The number of hydrogen-bond donors (Lipinski definition) is 1. The lowest BCUT2D eigenvalue weighted by molar-refractivity contribution is -0.117. The Morgan fingerprint density at radius 1 is 1.03 bits per heavy atom. The quantitative estimate of drug-likeness (QED) is 0.400. The van der Waals surface area contributed by atoms with E-state index in [0.29, 0.717) is 17.4 Å². The fourth-order valence-electron chi connectivity index (χ4n) is 3.57. The summed E-state index contributed by atoms with van der Waals surface area (Å²) in [4.78, 5) is 29.4. The van der Waals surface area contributed by atoms with E-state index in [-0.39, 0.29) is 18.0 Å². The van der Waals surface area contributed by atoms with Gasteiger partial charge < -0.3 is 10.1 Å². The molecule has 33 heavy (non-hydrogen) atoms. The van der Waals surface area contributed by atoms with Crippen LogP contribution in [0.5, 0.6) is 5.75 Å². The fraction of sp³-hybridized carbons (Fsp3) is 0.120. The molecule has 8 heteroatoms. The Morgan fingerprint density at radius 2 is 1.88 bits per heavy atom. The maximum Gasteiger partial charge on any atom is 0.267 e. The van der Waals surface area contributed by atoms with Gasteiger partial charge in [0.1, 0.15) is 12.3 Å². The molecule has 0 unspecified atom stereocenters. The zero-order chi connectivity index (χ0) is 22.8. The van der Waals surface area contributed by atoms with Crippen molar-refractivity contribution in [1.29, 1.82) is 0 Å². The molecule has 2 heterocycles. The van der Waals surface area contributed by atoms with E-state index in [9.17, 15) is 9.59 Å². The van der Waals surface area contributed by atoms with Crippen LogP contribution in [0.2, 0.25) is 0 Å². The predicted molar refractivity (Wildman–Crippen MR) is 131 cm³/mol. The summed E-state index contributed by atoms with van der Waals surface area (Å²) in [5, 5.41) is 9.85. The van der Waals surface area contributed by atoms with Crippen molar-refractivity contribution < 1.29 is 9.53 Å². The smallest absolute Gasteiger partial charge is 0.267 e. The van der Waals surface area contributed by atoms with Crippen molar-refractivity contribution in [3.8, 4) is 17.0 Å². The van der Waals surface area contributed by atoms with Gasteiger partial charge >= 0.3 is 0 Å². The monoisotopic (exact) mass is 456 g/mol. The first-order valence-corrected chi connectivity index (χ1v) is 11.3. The number of amides is 1. The molecule has 1 amide bonds. The third-order valence-corrected chi connectivity index (χ3v) is 6.06. The van der Waals surface area contributed by atoms with Crippen LogP contribution in [0.15, 0.2) is 77.6 Å². The van der Waals surface area contributed by atoms with Crippen LogP contribution in [0.1, 0.15) is 6.92 Å². The molecular weight excluding hydrogens is 436 g/mol. The van der Waals surface area contributed by atoms with Crippen molar-refractivity contribution >= 4 is 43.4 Å². The number of fused-ring (bicyclic) bond motifs is 2. The van der Waals surface area contributed by atoms with Crippen LogP contribution < -0.4 is 15.6 Å². The average molecular weight is 457 g/mol. The van der Waals surface area contributed by atoms with Crippen molar-refractivity contribution in [2.75, 3.05) is 11.9 Å². The first-order valence-electron chi connectivity index (χ1n) is 10.5. The van der Waals surface area contributed by atoms with Crippen molar-refractivity contribution in [1.82, 2.24) is 14.8 Å². The van der Waals surface area contributed by atoms with E-state index in [1.165, 1.54) is 22.1 Å². The zero-order valence-electron chi connectivity index (χ0n) is 17.8. The highest BCUT2D eigenvalue weighted by molar-refractivity contribution is 7.22. The molecule has 0 aliphatic rings. The molecule has 5 aromatic rings. The molecule has 7 nitrogen and oxygen atoms in total. The molecule has 164 valence electrons. The molecule has 0 saturated heterocycles. The Balaban J connectivity index is 1.36. The highest BCUT2D eigenvalue weighted by Gasteiger charge is 2.12. The summed E-state index contributed by atoms with van der Waals surface area (Å²) in [5.41, 5.74) is 1.92. The molecule has 0 aliphatic heterocycles. The standard InChI is InChI=1S/C25H20N4O3S/c1-2-32-19-9-10-21-22(14-19)33-25(26-21)27-23(30)15-29-24(31)12-11-20(28-29)18-8-7-16-5-3-4-6-17(16)13-18/h3-14H,2,15H2,1H3,(H,26,27,30). The zero-order valence-corrected chi connectivity index (χ0v) is 18.6. The molecule has 0 saturated carbocycles. The van der Waals surface area contributed by atoms with Crippen molar-refractivity contribution in [3.63, 3.8) is 0 Å². The minimum absolute atomic E-state index is 0.208. The minimum atomic E-state index is -0.371. The minimum Gasteiger partial charge on any atom is -0.494 e. The number of thiazole rings is 1. The van der Waals surface area contributed by atoms with E-state index < -0.39 is 0 Å². The lowest BCUT2D eigenvalue weighted by Gasteiger charge is -2.08. The summed E-state index contributed by atoms with van der Waals surface area (Å²) in [6.45, 7) is 2.29. The molecule has 3 aromatic carbocycles. The summed E-state index contributed by atoms with van der Waals surface area (Å²) in [7, 11) is 0. The Bertz CT molecular complexity index is 1540. The van der Waals surface area contributed by atoms with Gasteiger partial charge in [0.05, 0.1) is 22.5 Å². The van der Waals surface area contributed by atoms with Crippen LogP contribution in [0.4, 0.5) is 5.13 Å². The first-order chi connectivity index (χ1) is 16.1. The molecule has 5 rings (SSSR count). The van der Waals surface area contributed by atoms with Crippen LogP contribution >= 0.6 is 11.3 Å². The van der Waals surface area contributed by atoms with Gasteiger partial charge in [-0.2, -0.15) is 5.10 Å². The van der Waals surface area contributed by atoms with Gasteiger partial charge in [0.2, 0.25) is 5.91 Å². The number of rotatable bonds is 6. The summed E-state index contributed by atoms with van der Waals surface area (Å²) >= 11 is 1.35. The van der Waals surface area contributed by atoms with E-state index in [4.69, 9.17) is 4.74 Å². The predicted octanol–water partition coefficient (Wildman–Crippen LogP) is 4.71. The molecule has 0 spiro atoms. The van der Waals surface area contributed by atoms with Crippen molar-refractivity contribution in [2.45, 2.75) is 13.5 Å². The fourth-order valence-corrected chi connectivity index (χ4v) is 4.48. The molecular formula is C25H20N4O3S. The number of benzene rings is 3. The van der Waals surface area contributed by atoms with Gasteiger partial charge in [-0.05, 0) is 48.0 Å². The largest absolute Gasteiger partial charge is 0.494 e. The second-order valence-corrected chi connectivity index (χ2v) is 8.44. The number of carbonyl (C=O) groups is 1. The van der Waals surface area contributed by atoms with Crippen LogP contribution in [0.25, 0.3) is 32.2 Å². The normalized spacial score (nSPS) is 11.1. The van der Waals surface area contributed by atoms with Gasteiger partial charge in [0.25, 0.3) is 5.56 Å². The Hall–Kier alpha value is -4.04. The van der Waals surface area contributed by atoms with Gasteiger partial charge in [-0.1, -0.05) is 47.7 Å². The van der Waals surface area contributed by atoms with E-state index in [1.807, 2.05) is 67.6 Å².